The SMILES string of the molecule is CCN(CC(N)=NO)Cc1ccccn1. The Hall–Kier alpha value is -1.62. The van der Waals surface area contributed by atoms with E-state index in [1.807, 2.05) is 30.0 Å². The molecule has 0 bridgehead atoms. The van der Waals surface area contributed by atoms with Crippen molar-refractivity contribution in [3.05, 3.63) is 30.1 Å². The van der Waals surface area contributed by atoms with Gasteiger partial charge in [0.05, 0.1) is 12.2 Å². The molecule has 5 heteroatoms. The normalized spacial score (nSPS) is 12.0. The number of likely N-dealkylation sites (N-methyl/N-ethyl adjacent to an activating group) is 1. The van der Waals surface area contributed by atoms with Crippen LogP contribution >= 0.6 is 0 Å². The van der Waals surface area contributed by atoms with Gasteiger partial charge in [-0.1, -0.05) is 18.1 Å². The molecule has 1 aromatic heterocycles. The van der Waals surface area contributed by atoms with E-state index in [0.717, 1.165) is 12.2 Å². The Morgan fingerprint density at radius 2 is 2.40 bits per heavy atom. The third-order valence-corrected chi connectivity index (χ3v) is 2.07. The lowest BCUT2D eigenvalue weighted by Gasteiger charge is -2.18. The van der Waals surface area contributed by atoms with Crippen molar-refractivity contribution >= 4 is 5.84 Å². The fourth-order valence-electron chi connectivity index (χ4n) is 1.26. The first-order valence-electron chi connectivity index (χ1n) is 4.85. The Labute approximate surface area is 89.2 Å². The van der Waals surface area contributed by atoms with E-state index >= 15 is 0 Å². The van der Waals surface area contributed by atoms with Gasteiger partial charge in [0, 0.05) is 12.7 Å². The first-order chi connectivity index (χ1) is 7.26. The average molecular weight is 208 g/mol. The number of pyridine rings is 1. The first-order valence-corrected chi connectivity index (χ1v) is 4.85. The third-order valence-electron chi connectivity index (χ3n) is 2.07. The zero-order valence-corrected chi connectivity index (χ0v) is 8.80. The van der Waals surface area contributed by atoms with Gasteiger partial charge in [0.25, 0.3) is 0 Å². The Morgan fingerprint density at radius 3 is 2.93 bits per heavy atom. The van der Waals surface area contributed by atoms with Gasteiger partial charge in [0.2, 0.25) is 0 Å². The van der Waals surface area contributed by atoms with Crippen molar-refractivity contribution < 1.29 is 5.21 Å². The van der Waals surface area contributed by atoms with E-state index in [1.165, 1.54) is 0 Å². The lowest BCUT2D eigenvalue weighted by Crippen LogP contribution is -2.33. The number of nitrogens with zero attached hydrogens (tertiary/aromatic N) is 3. The Balaban J connectivity index is 2.54. The lowest BCUT2D eigenvalue weighted by atomic mass is 10.3. The van der Waals surface area contributed by atoms with E-state index in [2.05, 4.69) is 10.1 Å². The van der Waals surface area contributed by atoms with Crippen LogP contribution < -0.4 is 5.73 Å². The van der Waals surface area contributed by atoms with Crippen LogP contribution in [0.15, 0.2) is 29.6 Å². The fourth-order valence-corrected chi connectivity index (χ4v) is 1.26. The van der Waals surface area contributed by atoms with Crippen LogP contribution in [-0.2, 0) is 6.54 Å². The molecule has 0 aliphatic heterocycles. The molecule has 5 nitrogen and oxygen atoms in total. The molecule has 0 aliphatic rings. The number of oxime groups is 1. The third kappa shape index (κ3) is 3.95. The highest BCUT2D eigenvalue weighted by atomic mass is 16.4. The van der Waals surface area contributed by atoms with Crippen LogP contribution in [0.25, 0.3) is 0 Å². The van der Waals surface area contributed by atoms with Gasteiger partial charge in [-0.3, -0.25) is 9.88 Å². The van der Waals surface area contributed by atoms with E-state index < -0.39 is 0 Å². The second-order valence-corrected chi connectivity index (χ2v) is 3.22. The smallest absolute Gasteiger partial charge is 0.153 e. The molecule has 0 aromatic carbocycles. The van der Waals surface area contributed by atoms with E-state index in [1.54, 1.807) is 6.20 Å². The second-order valence-electron chi connectivity index (χ2n) is 3.22. The molecule has 0 spiro atoms. The summed E-state index contributed by atoms with van der Waals surface area (Å²) in [5.41, 5.74) is 6.42. The predicted molar refractivity (Wildman–Crippen MR) is 58.6 cm³/mol. The molecular formula is C10H16N4O. The molecule has 1 heterocycles. The van der Waals surface area contributed by atoms with Crippen LogP contribution in [0, 0.1) is 0 Å². The summed E-state index contributed by atoms with van der Waals surface area (Å²) in [7, 11) is 0. The summed E-state index contributed by atoms with van der Waals surface area (Å²) in [6.07, 6.45) is 1.76. The van der Waals surface area contributed by atoms with Crippen LogP contribution in [0.5, 0.6) is 0 Å². The summed E-state index contributed by atoms with van der Waals surface area (Å²) in [4.78, 5) is 6.25. The van der Waals surface area contributed by atoms with Crippen LogP contribution in [-0.4, -0.2) is 34.0 Å². The summed E-state index contributed by atoms with van der Waals surface area (Å²) in [5, 5.41) is 11.4. The van der Waals surface area contributed by atoms with E-state index in [4.69, 9.17) is 10.9 Å². The maximum absolute atomic E-state index is 8.47. The number of amidine groups is 1. The zero-order valence-electron chi connectivity index (χ0n) is 8.80. The molecule has 0 saturated heterocycles. The van der Waals surface area contributed by atoms with Crippen molar-refractivity contribution in [2.45, 2.75) is 13.5 Å². The highest BCUT2D eigenvalue weighted by Crippen LogP contribution is 2.00. The molecule has 1 rings (SSSR count). The Kier molecular flexibility index (Phi) is 4.56. The molecular weight excluding hydrogens is 192 g/mol. The van der Waals surface area contributed by atoms with Gasteiger partial charge >= 0.3 is 0 Å². The number of aromatic nitrogens is 1. The molecule has 0 amide bonds. The number of rotatable bonds is 5. The molecule has 0 unspecified atom stereocenters. The highest BCUT2D eigenvalue weighted by molar-refractivity contribution is 5.81. The van der Waals surface area contributed by atoms with Gasteiger partial charge in [-0.25, -0.2) is 0 Å². The zero-order chi connectivity index (χ0) is 11.1. The first kappa shape index (κ1) is 11.5. The largest absolute Gasteiger partial charge is 0.409 e. The maximum Gasteiger partial charge on any atom is 0.153 e. The van der Waals surface area contributed by atoms with Gasteiger partial charge in [0.15, 0.2) is 5.84 Å². The molecule has 0 aliphatic carbocycles. The number of hydrogen-bond acceptors (Lipinski definition) is 4. The molecule has 1 aromatic rings. The Bertz CT molecular complexity index is 312. The van der Waals surface area contributed by atoms with Crippen LogP contribution in [0.2, 0.25) is 0 Å². The fraction of sp³-hybridized carbons (Fsp3) is 0.400. The second kappa shape index (κ2) is 5.98. The topological polar surface area (TPSA) is 74.7 Å². The summed E-state index contributed by atoms with van der Waals surface area (Å²) in [5.74, 6) is 0.216. The van der Waals surface area contributed by atoms with Crippen LogP contribution in [0.3, 0.4) is 0 Å². The summed E-state index contributed by atoms with van der Waals surface area (Å²) < 4.78 is 0. The molecule has 82 valence electrons. The van der Waals surface area contributed by atoms with Crippen LogP contribution in [0.4, 0.5) is 0 Å². The van der Waals surface area contributed by atoms with Crippen LogP contribution in [0.1, 0.15) is 12.6 Å². The monoisotopic (exact) mass is 208 g/mol. The van der Waals surface area contributed by atoms with Gasteiger partial charge in [-0.15, -0.1) is 0 Å². The van der Waals surface area contributed by atoms with Gasteiger partial charge in [-0.05, 0) is 18.7 Å². The molecule has 0 saturated carbocycles. The van der Waals surface area contributed by atoms with Crippen molar-refractivity contribution in [3.8, 4) is 0 Å². The summed E-state index contributed by atoms with van der Waals surface area (Å²) in [6.45, 7) is 4.00. The van der Waals surface area contributed by atoms with Crippen molar-refractivity contribution in [2.75, 3.05) is 13.1 Å². The standard InChI is InChI=1S/C10H16N4O/c1-2-14(8-10(11)13-15)7-9-5-3-4-6-12-9/h3-6,15H,2,7-8H2,1H3,(H2,11,13). The number of hydrogen-bond donors (Lipinski definition) is 2. The average Bonchev–Trinajstić information content (AvgIpc) is 2.29. The minimum Gasteiger partial charge on any atom is -0.409 e. The van der Waals surface area contributed by atoms with Gasteiger partial charge in [0.1, 0.15) is 0 Å². The minimum atomic E-state index is 0.216. The summed E-state index contributed by atoms with van der Waals surface area (Å²) in [6, 6.07) is 5.78. The maximum atomic E-state index is 8.47. The molecule has 15 heavy (non-hydrogen) atoms. The highest BCUT2D eigenvalue weighted by Gasteiger charge is 2.06. The number of nitrogens with two attached hydrogens (primary N) is 1. The minimum absolute atomic E-state index is 0.216. The van der Waals surface area contributed by atoms with Crippen molar-refractivity contribution in [3.63, 3.8) is 0 Å². The van der Waals surface area contributed by atoms with Gasteiger partial charge < -0.3 is 10.9 Å². The van der Waals surface area contributed by atoms with E-state index in [-0.39, 0.29) is 5.84 Å². The van der Waals surface area contributed by atoms with Crippen molar-refractivity contribution in [1.29, 1.82) is 0 Å². The van der Waals surface area contributed by atoms with Gasteiger partial charge in [-0.2, -0.15) is 0 Å². The van der Waals surface area contributed by atoms with E-state index in [9.17, 15) is 0 Å². The molecule has 0 radical (unpaired) electrons. The van der Waals surface area contributed by atoms with Crippen molar-refractivity contribution in [2.24, 2.45) is 10.9 Å². The lowest BCUT2D eigenvalue weighted by molar-refractivity contribution is 0.293. The van der Waals surface area contributed by atoms with E-state index in [0.29, 0.717) is 13.1 Å². The quantitative estimate of drug-likeness (QED) is 0.322. The summed E-state index contributed by atoms with van der Waals surface area (Å²) >= 11 is 0. The van der Waals surface area contributed by atoms with Crippen molar-refractivity contribution in [1.82, 2.24) is 9.88 Å². The predicted octanol–water partition coefficient (Wildman–Crippen LogP) is 0.650. The Morgan fingerprint density at radius 1 is 1.60 bits per heavy atom. The molecule has 0 fully saturated rings. The molecule has 3 N–H and O–H groups in total. The molecule has 0 atom stereocenters.